The molecule has 5 nitrogen and oxygen atoms in total. The van der Waals surface area contributed by atoms with Crippen LogP contribution in [0.2, 0.25) is 0 Å². The van der Waals surface area contributed by atoms with Crippen LogP contribution in [0.1, 0.15) is 30.6 Å². The number of benzene rings is 1. The van der Waals surface area contributed by atoms with Crippen LogP contribution in [0.15, 0.2) is 18.2 Å². The molecule has 0 aliphatic rings. The number of nitro groups is 1. The molecule has 0 saturated carbocycles. The molecule has 7 heteroatoms. The van der Waals surface area contributed by atoms with Crippen molar-refractivity contribution in [3.05, 3.63) is 39.7 Å². The average Bonchev–Trinajstić information content (AvgIpc) is 2.35. The van der Waals surface area contributed by atoms with Crippen LogP contribution in [0.5, 0.6) is 0 Å². The van der Waals surface area contributed by atoms with Gasteiger partial charge in [0, 0.05) is 6.54 Å². The van der Waals surface area contributed by atoms with Gasteiger partial charge in [-0.15, -0.1) is 11.6 Å². The molecule has 1 unspecified atom stereocenters. The summed E-state index contributed by atoms with van der Waals surface area (Å²) < 4.78 is 13.0. The van der Waals surface area contributed by atoms with Gasteiger partial charge in [0.05, 0.1) is 16.4 Å². The molecule has 1 rings (SSSR count). The van der Waals surface area contributed by atoms with Crippen LogP contribution >= 0.6 is 11.6 Å². The first kappa shape index (κ1) is 16.4. The maximum Gasteiger partial charge on any atom is 0.285 e. The first-order chi connectivity index (χ1) is 9.31. The van der Waals surface area contributed by atoms with E-state index >= 15 is 0 Å². The molecule has 1 amide bonds. The summed E-state index contributed by atoms with van der Waals surface area (Å²) in [4.78, 5) is 21.9. The highest BCUT2D eigenvalue weighted by Crippen LogP contribution is 2.19. The number of hydrogen-bond donors (Lipinski definition) is 1. The molecule has 0 bridgehead atoms. The summed E-state index contributed by atoms with van der Waals surface area (Å²) in [6.07, 6.45) is 0.716. The second kappa shape index (κ2) is 7.19. The van der Waals surface area contributed by atoms with E-state index in [9.17, 15) is 19.3 Å². The minimum Gasteiger partial charge on any atom is -0.350 e. The van der Waals surface area contributed by atoms with Crippen molar-refractivity contribution in [2.24, 2.45) is 5.92 Å². The zero-order valence-electron chi connectivity index (χ0n) is 11.2. The van der Waals surface area contributed by atoms with E-state index in [1.807, 2.05) is 13.8 Å². The van der Waals surface area contributed by atoms with E-state index in [0.717, 1.165) is 18.2 Å². The van der Waals surface area contributed by atoms with E-state index in [4.69, 9.17) is 11.6 Å². The largest absolute Gasteiger partial charge is 0.350 e. The molecule has 1 aromatic rings. The number of nitro benzene ring substituents is 1. The van der Waals surface area contributed by atoms with Gasteiger partial charge in [-0.2, -0.15) is 0 Å². The molecule has 0 aliphatic carbocycles. The number of halogens is 2. The number of alkyl halides is 1. The average molecular weight is 303 g/mol. The maximum absolute atomic E-state index is 13.0. The molecule has 0 fully saturated rings. The Morgan fingerprint density at radius 3 is 2.70 bits per heavy atom. The number of hydrogen-bond acceptors (Lipinski definition) is 3. The second-order valence-electron chi connectivity index (χ2n) is 4.86. The lowest BCUT2D eigenvalue weighted by molar-refractivity contribution is -0.385. The third-order valence-corrected chi connectivity index (χ3v) is 2.94. The molecule has 1 atom stereocenters. The Balaban J connectivity index is 2.75. The summed E-state index contributed by atoms with van der Waals surface area (Å²) in [5, 5.41) is 13.1. The van der Waals surface area contributed by atoms with Gasteiger partial charge in [0.25, 0.3) is 11.6 Å². The highest BCUT2D eigenvalue weighted by atomic mass is 35.5. The standard InChI is InChI=1S/C13H16ClFN2O3/c1-8(2)5-9(14)7-16-13(18)11-4-3-10(15)6-12(11)17(19)20/h3-4,6,8-9H,5,7H2,1-2H3,(H,16,18). The van der Waals surface area contributed by atoms with Gasteiger partial charge >= 0.3 is 0 Å². The van der Waals surface area contributed by atoms with Gasteiger partial charge in [0.15, 0.2) is 0 Å². The Hall–Kier alpha value is -1.69. The topological polar surface area (TPSA) is 72.2 Å². The first-order valence-corrected chi connectivity index (χ1v) is 6.61. The number of carbonyl (C=O) groups is 1. The summed E-state index contributed by atoms with van der Waals surface area (Å²) in [5.41, 5.74) is -0.734. The molecule has 20 heavy (non-hydrogen) atoms. The fourth-order valence-corrected chi connectivity index (χ4v) is 2.17. The number of rotatable bonds is 6. The number of amides is 1. The van der Waals surface area contributed by atoms with E-state index in [0.29, 0.717) is 12.3 Å². The van der Waals surface area contributed by atoms with Gasteiger partial charge in [-0.1, -0.05) is 13.8 Å². The van der Waals surface area contributed by atoms with Crippen molar-refractivity contribution in [2.75, 3.05) is 6.54 Å². The van der Waals surface area contributed by atoms with E-state index in [1.165, 1.54) is 0 Å². The number of carbonyl (C=O) groups excluding carboxylic acids is 1. The quantitative estimate of drug-likeness (QED) is 0.498. The summed E-state index contributed by atoms with van der Waals surface area (Å²) in [7, 11) is 0. The van der Waals surface area contributed by atoms with E-state index in [-0.39, 0.29) is 17.5 Å². The van der Waals surface area contributed by atoms with E-state index < -0.39 is 22.3 Å². The lowest BCUT2D eigenvalue weighted by atomic mass is 10.1. The molecule has 0 aromatic heterocycles. The minimum absolute atomic E-state index is 0.176. The Morgan fingerprint density at radius 1 is 1.50 bits per heavy atom. The second-order valence-corrected chi connectivity index (χ2v) is 5.47. The Labute approximate surface area is 121 Å². The molecule has 0 spiro atoms. The van der Waals surface area contributed by atoms with Crippen molar-refractivity contribution in [3.8, 4) is 0 Å². The van der Waals surface area contributed by atoms with Crippen molar-refractivity contribution in [1.82, 2.24) is 5.32 Å². The van der Waals surface area contributed by atoms with Gasteiger partial charge in [-0.3, -0.25) is 14.9 Å². The Kier molecular flexibility index (Phi) is 5.88. The zero-order chi connectivity index (χ0) is 15.3. The number of nitrogens with zero attached hydrogens (tertiary/aromatic N) is 1. The highest BCUT2D eigenvalue weighted by molar-refractivity contribution is 6.21. The van der Waals surface area contributed by atoms with Gasteiger partial charge < -0.3 is 5.32 Å². The monoisotopic (exact) mass is 302 g/mol. The SMILES string of the molecule is CC(C)CC(Cl)CNC(=O)c1ccc(F)cc1[N+](=O)[O-]. The van der Waals surface area contributed by atoms with E-state index in [1.54, 1.807) is 0 Å². The molecular weight excluding hydrogens is 287 g/mol. The van der Waals surface area contributed by atoms with Gasteiger partial charge in [0.2, 0.25) is 0 Å². The molecule has 0 saturated heterocycles. The predicted octanol–water partition coefficient (Wildman–Crippen LogP) is 3.12. The first-order valence-electron chi connectivity index (χ1n) is 6.17. The van der Waals surface area contributed by atoms with Crippen LogP contribution in [0, 0.1) is 21.8 Å². The predicted molar refractivity (Wildman–Crippen MR) is 74.5 cm³/mol. The van der Waals surface area contributed by atoms with Crippen LogP contribution in [0.4, 0.5) is 10.1 Å². The van der Waals surface area contributed by atoms with Crippen LogP contribution < -0.4 is 5.32 Å². The summed E-state index contributed by atoms with van der Waals surface area (Å²) in [6, 6.07) is 2.82. The molecule has 110 valence electrons. The fraction of sp³-hybridized carbons (Fsp3) is 0.462. The van der Waals surface area contributed by atoms with Gasteiger partial charge in [-0.25, -0.2) is 4.39 Å². The Morgan fingerprint density at radius 2 is 2.15 bits per heavy atom. The lowest BCUT2D eigenvalue weighted by Gasteiger charge is -2.13. The van der Waals surface area contributed by atoms with Gasteiger partial charge in [0.1, 0.15) is 11.4 Å². The number of nitrogens with one attached hydrogen (secondary N) is 1. The molecule has 1 aromatic carbocycles. The van der Waals surface area contributed by atoms with Gasteiger partial charge in [-0.05, 0) is 24.5 Å². The summed E-state index contributed by atoms with van der Waals surface area (Å²) >= 11 is 6.03. The fourth-order valence-electron chi connectivity index (χ4n) is 1.74. The van der Waals surface area contributed by atoms with Crippen molar-refractivity contribution in [2.45, 2.75) is 25.6 Å². The van der Waals surface area contributed by atoms with Crippen molar-refractivity contribution in [1.29, 1.82) is 0 Å². The Bertz CT molecular complexity index is 508. The molecular formula is C13H16ClFN2O3. The van der Waals surface area contributed by atoms with Crippen molar-refractivity contribution < 1.29 is 14.1 Å². The summed E-state index contributed by atoms with van der Waals surface area (Å²) in [5.74, 6) is -1.01. The minimum atomic E-state index is -0.787. The zero-order valence-corrected chi connectivity index (χ0v) is 12.0. The lowest BCUT2D eigenvalue weighted by Crippen LogP contribution is -2.30. The third-order valence-electron chi connectivity index (χ3n) is 2.61. The molecule has 0 aliphatic heterocycles. The van der Waals surface area contributed by atoms with Crippen molar-refractivity contribution >= 4 is 23.2 Å². The smallest absolute Gasteiger partial charge is 0.285 e. The molecule has 1 N–H and O–H groups in total. The van der Waals surface area contributed by atoms with Crippen LogP contribution in [-0.4, -0.2) is 22.8 Å². The molecule has 0 radical (unpaired) electrons. The van der Waals surface area contributed by atoms with Crippen LogP contribution in [0.25, 0.3) is 0 Å². The van der Waals surface area contributed by atoms with Crippen LogP contribution in [-0.2, 0) is 0 Å². The highest BCUT2D eigenvalue weighted by Gasteiger charge is 2.21. The summed E-state index contributed by atoms with van der Waals surface area (Å²) in [6.45, 7) is 4.21. The third kappa shape index (κ3) is 4.77. The van der Waals surface area contributed by atoms with Crippen LogP contribution in [0.3, 0.4) is 0 Å². The maximum atomic E-state index is 13.0. The van der Waals surface area contributed by atoms with E-state index in [2.05, 4.69) is 5.32 Å². The van der Waals surface area contributed by atoms with Crippen molar-refractivity contribution in [3.63, 3.8) is 0 Å². The molecule has 0 heterocycles. The normalized spacial score (nSPS) is 12.2.